The van der Waals surface area contributed by atoms with E-state index in [0.717, 1.165) is 10.9 Å². The van der Waals surface area contributed by atoms with Crippen LogP contribution in [0.25, 0.3) is 0 Å². The first-order valence-electron chi connectivity index (χ1n) is 7.41. The van der Waals surface area contributed by atoms with E-state index in [2.05, 4.69) is 63.3 Å². The van der Waals surface area contributed by atoms with Crippen molar-refractivity contribution >= 4 is 25.0 Å². The summed E-state index contributed by atoms with van der Waals surface area (Å²) in [5.74, 6) is 0.763. The molecular formula is C18H24OSSi. The van der Waals surface area contributed by atoms with E-state index in [1.165, 1.54) is 10.1 Å². The van der Waals surface area contributed by atoms with Gasteiger partial charge in [0.25, 0.3) is 0 Å². The maximum absolute atomic E-state index is 9.91. The first-order chi connectivity index (χ1) is 9.90. The van der Waals surface area contributed by atoms with Crippen molar-refractivity contribution in [3.8, 4) is 5.75 Å². The molecule has 2 rings (SSSR count). The van der Waals surface area contributed by atoms with Gasteiger partial charge in [0.05, 0.1) is 8.07 Å². The molecule has 21 heavy (non-hydrogen) atoms. The highest BCUT2D eigenvalue weighted by molar-refractivity contribution is 8.01. The molecule has 0 aliphatic rings. The van der Waals surface area contributed by atoms with E-state index >= 15 is 0 Å². The molecule has 0 atom stereocenters. The van der Waals surface area contributed by atoms with Crippen molar-refractivity contribution in [3.05, 3.63) is 54.1 Å². The average molecular weight is 317 g/mol. The second kappa shape index (κ2) is 6.71. The molecule has 0 heterocycles. The van der Waals surface area contributed by atoms with Crippen LogP contribution in [-0.4, -0.2) is 18.6 Å². The molecule has 0 saturated carbocycles. The summed E-state index contributed by atoms with van der Waals surface area (Å²) in [5.41, 5.74) is 1.04. The Balaban J connectivity index is 2.11. The van der Waals surface area contributed by atoms with E-state index in [4.69, 9.17) is 0 Å². The smallest absolute Gasteiger partial charge is 0.119 e. The molecule has 0 aliphatic carbocycles. The maximum atomic E-state index is 9.91. The average Bonchev–Trinajstić information content (AvgIpc) is 2.47. The van der Waals surface area contributed by atoms with Gasteiger partial charge in [-0.05, 0) is 35.1 Å². The van der Waals surface area contributed by atoms with Crippen LogP contribution in [0.4, 0.5) is 0 Å². The van der Waals surface area contributed by atoms with E-state index in [1.54, 1.807) is 0 Å². The van der Waals surface area contributed by atoms with E-state index in [1.807, 2.05) is 23.9 Å². The highest BCUT2D eigenvalue weighted by Gasteiger charge is 2.23. The van der Waals surface area contributed by atoms with Crippen LogP contribution in [0.1, 0.15) is 25.3 Å². The summed E-state index contributed by atoms with van der Waals surface area (Å²) in [4.78, 5) is 1.26. The fraction of sp³-hybridized carbons (Fsp3) is 0.333. The van der Waals surface area contributed by atoms with Crippen molar-refractivity contribution in [2.45, 2.75) is 37.8 Å². The predicted molar refractivity (Wildman–Crippen MR) is 96.5 cm³/mol. The topological polar surface area (TPSA) is 20.2 Å². The van der Waals surface area contributed by atoms with Crippen LogP contribution in [-0.2, 0) is 0 Å². The number of benzene rings is 2. The number of thioether (sulfide) groups is 1. The molecule has 0 bridgehead atoms. The minimum Gasteiger partial charge on any atom is -0.508 e. The molecular weight excluding hydrogens is 292 g/mol. The van der Waals surface area contributed by atoms with E-state index in [0.29, 0.717) is 11.7 Å². The van der Waals surface area contributed by atoms with Gasteiger partial charge in [0.2, 0.25) is 0 Å². The zero-order valence-electron chi connectivity index (χ0n) is 13.3. The minimum atomic E-state index is -1.42. The molecule has 0 spiro atoms. The summed E-state index contributed by atoms with van der Waals surface area (Å²) >= 11 is 1.91. The minimum absolute atomic E-state index is 0.352. The van der Waals surface area contributed by atoms with Gasteiger partial charge in [-0.3, -0.25) is 0 Å². The number of phenolic OH excluding ortho intramolecular Hbond substituents is 1. The third-order valence-corrected chi connectivity index (χ3v) is 9.72. The van der Waals surface area contributed by atoms with Gasteiger partial charge in [0, 0.05) is 4.90 Å². The molecule has 2 aromatic rings. The van der Waals surface area contributed by atoms with Gasteiger partial charge in [-0.2, -0.15) is 0 Å². The van der Waals surface area contributed by atoms with Crippen LogP contribution >= 0.6 is 11.8 Å². The second-order valence-electron chi connectivity index (χ2n) is 6.41. The van der Waals surface area contributed by atoms with Crippen molar-refractivity contribution in [1.82, 2.24) is 0 Å². The van der Waals surface area contributed by atoms with Crippen LogP contribution in [0.3, 0.4) is 0 Å². The molecule has 3 heteroatoms. The van der Waals surface area contributed by atoms with Gasteiger partial charge in [-0.1, -0.05) is 62.5 Å². The van der Waals surface area contributed by atoms with Gasteiger partial charge in [0.1, 0.15) is 5.75 Å². The van der Waals surface area contributed by atoms with Crippen LogP contribution in [0.15, 0.2) is 53.4 Å². The fourth-order valence-electron chi connectivity index (χ4n) is 2.32. The van der Waals surface area contributed by atoms with Crippen molar-refractivity contribution < 1.29 is 5.11 Å². The summed E-state index contributed by atoms with van der Waals surface area (Å²) in [6, 6.07) is 16.8. The second-order valence-corrected chi connectivity index (χ2v) is 12.7. The van der Waals surface area contributed by atoms with Gasteiger partial charge in [-0.25, -0.2) is 0 Å². The monoisotopic (exact) mass is 316 g/mol. The van der Waals surface area contributed by atoms with Gasteiger partial charge in [0.15, 0.2) is 0 Å². The van der Waals surface area contributed by atoms with E-state index in [-0.39, 0.29) is 0 Å². The van der Waals surface area contributed by atoms with Crippen LogP contribution in [0.2, 0.25) is 13.1 Å². The Hall–Kier alpha value is -1.19. The van der Waals surface area contributed by atoms with Crippen LogP contribution in [0.5, 0.6) is 5.75 Å². The summed E-state index contributed by atoms with van der Waals surface area (Å²) < 4.78 is 0. The van der Waals surface area contributed by atoms with Crippen molar-refractivity contribution in [1.29, 1.82) is 0 Å². The molecule has 0 radical (unpaired) electrons. The number of hydrogen-bond acceptors (Lipinski definition) is 2. The lowest BCUT2D eigenvalue weighted by molar-refractivity contribution is 0.464. The van der Waals surface area contributed by atoms with Crippen molar-refractivity contribution in [3.63, 3.8) is 0 Å². The Morgan fingerprint density at radius 1 is 1.05 bits per heavy atom. The predicted octanol–water partition coefficient (Wildman–Crippen LogP) is 4.76. The molecule has 0 amide bonds. The maximum Gasteiger partial charge on any atom is 0.119 e. The SMILES string of the molecule is CC(C)c1cc(SC[Si](C)(C)c2ccccc2)ccc1O. The highest BCUT2D eigenvalue weighted by Crippen LogP contribution is 2.31. The van der Waals surface area contributed by atoms with Crippen molar-refractivity contribution in [2.24, 2.45) is 0 Å². The summed E-state index contributed by atoms with van der Waals surface area (Å²) in [7, 11) is -1.42. The Bertz CT molecular complexity index is 593. The quantitative estimate of drug-likeness (QED) is 0.634. The molecule has 0 fully saturated rings. The van der Waals surface area contributed by atoms with Crippen LogP contribution < -0.4 is 5.19 Å². The van der Waals surface area contributed by atoms with Crippen molar-refractivity contribution in [2.75, 3.05) is 5.38 Å². The summed E-state index contributed by atoms with van der Waals surface area (Å²) in [6.07, 6.45) is 0. The Kier molecular flexibility index (Phi) is 5.17. The Morgan fingerprint density at radius 3 is 2.33 bits per heavy atom. The Morgan fingerprint density at radius 2 is 1.71 bits per heavy atom. The fourth-order valence-corrected chi connectivity index (χ4v) is 6.57. The lowest BCUT2D eigenvalue weighted by atomic mass is 10.0. The molecule has 1 nitrogen and oxygen atoms in total. The molecule has 0 aliphatic heterocycles. The summed E-state index contributed by atoms with van der Waals surface area (Å²) in [6.45, 7) is 9.07. The standard InChI is InChI=1S/C18H24OSSi/c1-14(2)17-12-15(10-11-18(17)19)20-13-21(3,4)16-8-6-5-7-9-16/h5-12,14,19H,13H2,1-4H3. The third-order valence-electron chi connectivity index (χ3n) is 3.78. The largest absolute Gasteiger partial charge is 0.508 e. The van der Waals surface area contributed by atoms with Gasteiger partial charge in [-0.15, -0.1) is 11.8 Å². The molecule has 112 valence electrons. The third kappa shape index (κ3) is 4.14. The molecule has 0 saturated heterocycles. The first kappa shape index (κ1) is 16.2. The normalized spacial score (nSPS) is 11.9. The Labute approximate surface area is 133 Å². The first-order valence-corrected chi connectivity index (χ1v) is 11.6. The van der Waals surface area contributed by atoms with Crippen LogP contribution in [0, 0.1) is 0 Å². The lowest BCUT2D eigenvalue weighted by Gasteiger charge is -2.22. The zero-order valence-corrected chi connectivity index (χ0v) is 15.1. The molecule has 1 N–H and O–H groups in total. The number of aromatic hydroxyl groups is 1. The molecule has 0 aromatic heterocycles. The zero-order chi connectivity index (χ0) is 15.5. The van der Waals surface area contributed by atoms with Gasteiger partial charge < -0.3 is 5.11 Å². The van der Waals surface area contributed by atoms with E-state index in [9.17, 15) is 5.11 Å². The molecule has 0 unspecified atom stereocenters. The van der Waals surface area contributed by atoms with E-state index < -0.39 is 8.07 Å². The highest BCUT2D eigenvalue weighted by atomic mass is 32.2. The number of hydrogen-bond donors (Lipinski definition) is 1. The molecule has 2 aromatic carbocycles. The number of rotatable bonds is 5. The summed E-state index contributed by atoms with van der Waals surface area (Å²) in [5, 5.41) is 12.6. The number of phenols is 1. The lowest BCUT2D eigenvalue weighted by Crippen LogP contribution is -2.44. The van der Waals surface area contributed by atoms with Gasteiger partial charge >= 0.3 is 0 Å².